The third-order valence-corrected chi connectivity index (χ3v) is 2.40. The molecule has 1 aromatic heterocycles. The number of aromatic amines is 1. The van der Waals surface area contributed by atoms with Gasteiger partial charge in [-0.05, 0) is 12.1 Å². The highest BCUT2D eigenvalue weighted by Gasteiger charge is 2.11. The molecule has 4 nitrogen and oxygen atoms in total. The van der Waals surface area contributed by atoms with Gasteiger partial charge in [0.25, 0.3) is 0 Å². The summed E-state index contributed by atoms with van der Waals surface area (Å²) in [7, 11) is 0. The summed E-state index contributed by atoms with van der Waals surface area (Å²) >= 11 is 0. The maximum Gasteiger partial charge on any atom is 0.165 e. The summed E-state index contributed by atoms with van der Waals surface area (Å²) in [6.45, 7) is 3.77. The van der Waals surface area contributed by atoms with Crippen molar-refractivity contribution in [2.45, 2.75) is 13.8 Å². The van der Waals surface area contributed by atoms with Crippen LogP contribution in [0.1, 0.15) is 24.2 Å². The minimum atomic E-state index is 0.00252. The Morgan fingerprint density at radius 3 is 2.87 bits per heavy atom. The molecule has 0 aliphatic rings. The fourth-order valence-corrected chi connectivity index (χ4v) is 1.53. The van der Waals surface area contributed by atoms with Crippen molar-refractivity contribution >= 4 is 22.5 Å². The Morgan fingerprint density at radius 1 is 1.47 bits per heavy atom. The van der Waals surface area contributed by atoms with Crippen LogP contribution in [0, 0.1) is 5.92 Å². The molecule has 0 amide bonds. The van der Waals surface area contributed by atoms with E-state index in [0.29, 0.717) is 11.4 Å². The van der Waals surface area contributed by atoms with Crippen LogP contribution in [-0.2, 0) is 0 Å². The number of Topliss-reactive ketones (excluding diaryl/α,β-unsaturated/α-hetero) is 1. The molecule has 0 fully saturated rings. The minimum absolute atomic E-state index is 0.00252. The minimum Gasteiger partial charge on any atom is -0.382 e. The van der Waals surface area contributed by atoms with E-state index in [4.69, 9.17) is 5.73 Å². The van der Waals surface area contributed by atoms with Crippen LogP contribution < -0.4 is 5.73 Å². The van der Waals surface area contributed by atoms with E-state index in [-0.39, 0.29) is 11.7 Å². The average molecular weight is 203 g/mol. The van der Waals surface area contributed by atoms with Gasteiger partial charge in [-0.25, -0.2) is 0 Å². The second-order valence-electron chi connectivity index (χ2n) is 3.89. The highest BCUT2D eigenvalue weighted by Crippen LogP contribution is 2.20. The monoisotopic (exact) mass is 203 g/mol. The van der Waals surface area contributed by atoms with Crippen molar-refractivity contribution in [3.63, 3.8) is 0 Å². The number of nitrogens with two attached hydrogens (primary N) is 1. The Bertz CT molecular complexity index is 514. The summed E-state index contributed by atoms with van der Waals surface area (Å²) in [6, 6.07) is 5.40. The van der Waals surface area contributed by atoms with E-state index < -0.39 is 0 Å². The van der Waals surface area contributed by atoms with E-state index in [2.05, 4.69) is 10.2 Å². The molecule has 2 rings (SSSR count). The molecule has 0 atom stereocenters. The normalized spacial score (nSPS) is 11.1. The lowest BCUT2D eigenvalue weighted by Crippen LogP contribution is -2.06. The molecule has 0 spiro atoms. The van der Waals surface area contributed by atoms with E-state index in [1.807, 2.05) is 19.9 Å². The van der Waals surface area contributed by atoms with Gasteiger partial charge in [-0.15, -0.1) is 0 Å². The molecule has 0 radical (unpaired) electrons. The predicted molar refractivity (Wildman–Crippen MR) is 59.7 cm³/mol. The van der Waals surface area contributed by atoms with Crippen LogP contribution in [0.25, 0.3) is 10.9 Å². The van der Waals surface area contributed by atoms with Gasteiger partial charge in [-0.2, -0.15) is 5.10 Å². The number of nitrogens with zero attached hydrogens (tertiary/aromatic N) is 1. The Balaban J connectivity index is 2.52. The topological polar surface area (TPSA) is 71.8 Å². The first kappa shape index (κ1) is 9.71. The number of H-pyrrole nitrogens is 1. The van der Waals surface area contributed by atoms with Crippen LogP contribution in [-0.4, -0.2) is 16.0 Å². The molecule has 0 aliphatic heterocycles. The van der Waals surface area contributed by atoms with Crippen molar-refractivity contribution in [1.82, 2.24) is 10.2 Å². The summed E-state index contributed by atoms with van der Waals surface area (Å²) in [5, 5.41) is 7.53. The third kappa shape index (κ3) is 1.58. The molecule has 0 aliphatic carbocycles. The van der Waals surface area contributed by atoms with Crippen LogP contribution in [0.2, 0.25) is 0 Å². The number of carbonyl (C=O) groups is 1. The number of aromatic nitrogens is 2. The number of rotatable bonds is 2. The van der Waals surface area contributed by atoms with Gasteiger partial charge in [-0.3, -0.25) is 9.89 Å². The van der Waals surface area contributed by atoms with Gasteiger partial charge in [0.15, 0.2) is 11.6 Å². The number of carbonyl (C=O) groups excluding carboxylic acids is 1. The molecule has 0 saturated carbocycles. The molecular formula is C11H13N3O. The Labute approximate surface area is 87.5 Å². The lowest BCUT2D eigenvalue weighted by Gasteiger charge is -2.03. The number of hydrogen-bond donors (Lipinski definition) is 2. The first-order valence-electron chi connectivity index (χ1n) is 4.87. The van der Waals surface area contributed by atoms with Gasteiger partial charge in [0, 0.05) is 16.9 Å². The van der Waals surface area contributed by atoms with Crippen molar-refractivity contribution in [2.75, 3.05) is 5.73 Å². The molecular weight excluding hydrogens is 190 g/mol. The highest BCUT2D eigenvalue weighted by molar-refractivity contribution is 6.01. The van der Waals surface area contributed by atoms with Crippen LogP contribution in [0.4, 0.5) is 5.82 Å². The quantitative estimate of drug-likeness (QED) is 0.733. The number of nitrogens with one attached hydrogen (secondary N) is 1. The van der Waals surface area contributed by atoms with Crippen molar-refractivity contribution in [2.24, 2.45) is 5.92 Å². The zero-order valence-electron chi connectivity index (χ0n) is 8.74. The second kappa shape index (κ2) is 3.38. The molecule has 15 heavy (non-hydrogen) atoms. The van der Waals surface area contributed by atoms with Crippen molar-refractivity contribution in [1.29, 1.82) is 0 Å². The smallest absolute Gasteiger partial charge is 0.165 e. The van der Waals surface area contributed by atoms with Gasteiger partial charge in [-0.1, -0.05) is 19.9 Å². The second-order valence-corrected chi connectivity index (χ2v) is 3.89. The molecule has 0 bridgehead atoms. The zero-order chi connectivity index (χ0) is 11.0. The van der Waals surface area contributed by atoms with E-state index in [9.17, 15) is 4.79 Å². The number of benzene rings is 1. The van der Waals surface area contributed by atoms with Crippen LogP contribution in [0.5, 0.6) is 0 Å². The number of nitrogen functional groups attached to an aromatic ring is 1. The zero-order valence-corrected chi connectivity index (χ0v) is 8.74. The lowest BCUT2D eigenvalue weighted by atomic mass is 10.0. The first-order chi connectivity index (χ1) is 7.09. The average Bonchev–Trinajstić information content (AvgIpc) is 2.59. The Hall–Kier alpha value is -1.84. The van der Waals surface area contributed by atoms with E-state index >= 15 is 0 Å². The molecule has 0 unspecified atom stereocenters. The van der Waals surface area contributed by atoms with Crippen LogP contribution >= 0.6 is 0 Å². The highest BCUT2D eigenvalue weighted by atomic mass is 16.1. The Kier molecular flexibility index (Phi) is 2.19. The van der Waals surface area contributed by atoms with Gasteiger partial charge in [0.2, 0.25) is 0 Å². The van der Waals surface area contributed by atoms with Crippen molar-refractivity contribution < 1.29 is 4.79 Å². The summed E-state index contributed by atoms with van der Waals surface area (Å²) in [4.78, 5) is 11.7. The maximum atomic E-state index is 11.7. The summed E-state index contributed by atoms with van der Waals surface area (Å²) in [6.07, 6.45) is 0. The molecule has 1 heterocycles. The fraction of sp³-hybridized carbons (Fsp3) is 0.273. The van der Waals surface area contributed by atoms with Gasteiger partial charge in [0.05, 0.1) is 5.52 Å². The van der Waals surface area contributed by atoms with E-state index in [1.54, 1.807) is 12.1 Å². The molecule has 78 valence electrons. The molecule has 4 heteroatoms. The standard InChI is InChI=1S/C11H13N3O/c1-6(2)10(15)7-3-4-8-9(5-7)13-14-11(8)12/h3-6H,1-2H3,(H3,12,13,14). The number of fused-ring (bicyclic) bond motifs is 1. The summed E-state index contributed by atoms with van der Waals surface area (Å²) in [5.74, 6) is 0.598. The predicted octanol–water partition coefficient (Wildman–Crippen LogP) is 1.98. The van der Waals surface area contributed by atoms with Gasteiger partial charge in [0.1, 0.15) is 0 Å². The first-order valence-corrected chi connectivity index (χ1v) is 4.87. The van der Waals surface area contributed by atoms with E-state index in [1.165, 1.54) is 0 Å². The SMILES string of the molecule is CC(C)C(=O)c1ccc2c(N)n[nH]c2c1. The van der Waals surface area contributed by atoms with Crippen LogP contribution in [0.3, 0.4) is 0 Å². The largest absolute Gasteiger partial charge is 0.382 e. The number of anilines is 1. The summed E-state index contributed by atoms with van der Waals surface area (Å²) in [5.41, 5.74) is 7.14. The molecule has 1 aromatic carbocycles. The van der Waals surface area contributed by atoms with Crippen LogP contribution in [0.15, 0.2) is 18.2 Å². The molecule has 0 saturated heterocycles. The molecule has 2 aromatic rings. The maximum absolute atomic E-state index is 11.7. The van der Waals surface area contributed by atoms with Crippen molar-refractivity contribution in [3.8, 4) is 0 Å². The van der Waals surface area contributed by atoms with Crippen molar-refractivity contribution in [3.05, 3.63) is 23.8 Å². The lowest BCUT2D eigenvalue weighted by molar-refractivity contribution is 0.0939. The number of ketones is 1. The van der Waals surface area contributed by atoms with Gasteiger partial charge < -0.3 is 5.73 Å². The third-order valence-electron chi connectivity index (χ3n) is 2.40. The summed E-state index contributed by atoms with van der Waals surface area (Å²) < 4.78 is 0. The fourth-order valence-electron chi connectivity index (χ4n) is 1.53. The molecule has 3 N–H and O–H groups in total. The van der Waals surface area contributed by atoms with Gasteiger partial charge >= 0.3 is 0 Å². The van der Waals surface area contributed by atoms with E-state index in [0.717, 1.165) is 10.9 Å². The Morgan fingerprint density at radius 2 is 2.20 bits per heavy atom. The number of hydrogen-bond acceptors (Lipinski definition) is 3.